The first kappa shape index (κ1) is 28.8. The maximum absolute atomic E-state index is 10.9. The molecule has 0 radical (unpaired) electrons. The molecule has 0 bridgehead atoms. The third-order valence-corrected chi connectivity index (χ3v) is 6.26. The number of rotatable bonds is 22. The largest absolute Gasteiger partial charge is 0.748 e. The van der Waals surface area contributed by atoms with Crippen molar-refractivity contribution >= 4 is 10.1 Å². The fourth-order valence-electron chi connectivity index (χ4n) is 3.62. The molecular weight excluding hydrogens is 390 g/mol. The molecule has 6 nitrogen and oxygen atoms in total. The Morgan fingerprint density at radius 1 is 0.621 bits per heavy atom. The lowest BCUT2D eigenvalue weighted by Crippen LogP contribution is -2.52. The van der Waals surface area contributed by atoms with E-state index in [2.05, 4.69) is 20.8 Å². The van der Waals surface area contributed by atoms with Gasteiger partial charge in [-0.3, -0.25) is 0 Å². The number of quaternary nitrogens is 1. The Kier molecular flexibility index (Phi) is 18.4. The van der Waals surface area contributed by atoms with Crippen LogP contribution >= 0.6 is 0 Å². The molecule has 0 aliphatic heterocycles. The number of ether oxygens (including phenoxy) is 2. The number of hydrogen-bond donors (Lipinski definition) is 0. The summed E-state index contributed by atoms with van der Waals surface area (Å²) in [6, 6.07) is 0. The minimum atomic E-state index is -4.11. The summed E-state index contributed by atoms with van der Waals surface area (Å²) in [6.45, 7) is 13.5. The van der Waals surface area contributed by atoms with Crippen LogP contribution in [0.25, 0.3) is 0 Å². The molecular formula is C22H47NO5S. The summed E-state index contributed by atoms with van der Waals surface area (Å²) in [5, 5.41) is 0. The summed E-state index contributed by atoms with van der Waals surface area (Å²) in [7, 11) is -4.11. The molecule has 0 aromatic carbocycles. The predicted molar refractivity (Wildman–Crippen MR) is 119 cm³/mol. The van der Waals surface area contributed by atoms with E-state index in [9.17, 15) is 13.0 Å². The number of nitrogens with zero attached hydrogens (tertiary/aromatic N) is 1. The van der Waals surface area contributed by atoms with E-state index in [1.54, 1.807) is 0 Å². The molecule has 0 fully saturated rings. The third-order valence-electron chi connectivity index (χ3n) is 5.47. The second kappa shape index (κ2) is 18.6. The van der Waals surface area contributed by atoms with Gasteiger partial charge in [-0.25, -0.2) is 8.42 Å². The van der Waals surface area contributed by atoms with Gasteiger partial charge in [-0.2, -0.15) is 0 Å². The van der Waals surface area contributed by atoms with Gasteiger partial charge in [0.15, 0.2) is 0 Å². The van der Waals surface area contributed by atoms with Crippen molar-refractivity contribution in [1.29, 1.82) is 0 Å². The quantitative estimate of drug-likeness (QED) is 0.143. The van der Waals surface area contributed by atoms with Crippen molar-refractivity contribution in [2.24, 2.45) is 0 Å². The van der Waals surface area contributed by atoms with Gasteiger partial charge in [0, 0.05) is 12.4 Å². The van der Waals surface area contributed by atoms with Gasteiger partial charge in [-0.05, 0) is 44.9 Å². The van der Waals surface area contributed by atoms with E-state index in [1.165, 1.54) is 38.5 Å². The predicted octanol–water partition coefficient (Wildman–Crippen LogP) is 4.34. The van der Waals surface area contributed by atoms with Crippen LogP contribution in [0, 0.1) is 0 Å². The summed E-state index contributed by atoms with van der Waals surface area (Å²) in [5.41, 5.74) is 0. The summed E-state index contributed by atoms with van der Waals surface area (Å²) in [5.74, 6) is -0.248. The molecule has 0 aromatic rings. The van der Waals surface area contributed by atoms with E-state index in [4.69, 9.17) is 9.47 Å². The molecule has 176 valence electrons. The fourth-order valence-corrected chi connectivity index (χ4v) is 4.18. The van der Waals surface area contributed by atoms with E-state index in [0.717, 1.165) is 56.5 Å². The summed E-state index contributed by atoms with van der Waals surface area (Å²) in [6.07, 6.45) is 10.6. The zero-order valence-corrected chi connectivity index (χ0v) is 20.1. The molecule has 0 spiro atoms. The summed E-state index contributed by atoms with van der Waals surface area (Å²) in [4.78, 5) is 0. The first-order chi connectivity index (χ1) is 13.9. The smallest absolute Gasteiger partial charge is 0.102 e. The summed E-state index contributed by atoms with van der Waals surface area (Å²) < 4.78 is 45.2. The van der Waals surface area contributed by atoms with Gasteiger partial charge in [0.2, 0.25) is 0 Å². The van der Waals surface area contributed by atoms with Crippen LogP contribution in [0.15, 0.2) is 0 Å². The fraction of sp³-hybridized carbons (Fsp3) is 1.00. The molecule has 29 heavy (non-hydrogen) atoms. The molecule has 7 heteroatoms. The van der Waals surface area contributed by atoms with Gasteiger partial charge < -0.3 is 18.5 Å². The van der Waals surface area contributed by atoms with Crippen LogP contribution in [0.4, 0.5) is 0 Å². The SMILES string of the molecule is CCCCC[N+](CCCCC)(CCCCS(=O)(=O)[O-])CCOCCOCCCC. The molecule has 0 amide bonds. The van der Waals surface area contributed by atoms with Crippen molar-refractivity contribution in [1.82, 2.24) is 0 Å². The average molecular weight is 438 g/mol. The Morgan fingerprint density at radius 2 is 1.10 bits per heavy atom. The van der Waals surface area contributed by atoms with Gasteiger partial charge in [0.1, 0.15) is 6.54 Å². The van der Waals surface area contributed by atoms with E-state index < -0.39 is 10.1 Å². The molecule has 0 N–H and O–H groups in total. The van der Waals surface area contributed by atoms with E-state index >= 15 is 0 Å². The molecule has 0 saturated carbocycles. The first-order valence-corrected chi connectivity index (χ1v) is 13.4. The normalized spacial score (nSPS) is 12.6. The highest BCUT2D eigenvalue weighted by Gasteiger charge is 2.26. The molecule has 0 saturated heterocycles. The zero-order valence-electron chi connectivity index (χ0n) is 19.3. The monoisotopic (exact) mass is 437 g/mol. The molecule has 0 heterocycles. The molecule has 0 aliphatic rings. The van der Waals surface area contributed by atoms with Gasteiger partial charge >= 0.3 is 0 Å². The Balaban J connectivity index is 4.62. The van der Waals surface area contributed by atoms with Crippen molar-refractivity contribution in [3.05, 3.63) is 0 Å². The van der Waals surface area contributed by atoms with Gasteiger partial charge in [-0.1, -0.05) is 40.0 Å². The highest BCUT2D eigenvalue weighted by atomic mass is 32.2. The van der Waals surface area contributed by atoms with Crippen molar-refractivity contribution in [2.45, 2.75) is 85.0 Å². The van der Waals surface area contributed by atoms with E-state index in [0.29, 0.717) is 26.2 Å². The molecule has 0 aromatic heterocycles. The van der Waals surface area contributed by atoms with Crippen LogP contribution < -0.4 is 0 Å². The number of hydrogen-bond acceptors (Lipinski definition) is 5. The second-order valence-electron chi connectivity index (χ2n) is 8.20. The van der Waals surface area contributed by atoms with Crippen LogP contribution in [-0.2, 0) is 19.6 Å². The highest BCUT2D eigenvalue weighted by molar-refractivity contribution is 7.85. The van der Waals surface area contributed by atoms with E-state index in [1.807, 2.05) is 0 Å². The lowest BCUT2D eigenvalue weighted by Gasteiger charge is -2.39. The Hall–Kier alpha value is -0.210. The lowest BCUT2D eigenvalue weighted by atomic mass is 10.1. The van der Waals surface area contributed by atoms with Crippen molar-refractivity contribution in [3.8, 4) is 0 Å². The van der Waals surface area contributed by atoms with Crippen LogP contribution in [0.5, 0.6) is 0 Å². The maximum atomic E-state index is 10.9. The first-order valence-electron chi connectivity index (χ1n) is 11.8. The van der Waals surface area contributed by atoms with E-state index in [-0.39, 0.29) is 5.75 Å². The van der Waals surface area contributed by atoms with Gasteiger partial charge in [0.25, 0.3) is 0 Å². The Morgan fingerprint density at radius 3 is 1.59 bits per heavy atom. The summed E-state index contributed by atoms with van der Waals surface area (Å²) >= 11 is 0. The zero-order chi connectivity index (χ0) is 21.8. The second-order valence-corrected chi connectivity index (χ2v) is 9.72. The minimum absolute atomic E-state index is 0.248. The van der Waals surface area contributed by atoms with Crippen molar-refractivity contribution in [3.63, 3.8) is 0 Å². The molecule has 0 atom stereocenters. The average Bonchev–Trinajstić information content (AvgIpc) is 2.67. The van der Waals surface area contributed by atoms with Crippen LogP contribution in [-0.4, -0.2) is 75.8 Å². The molecule has 0 rings (SSSR count). The van der Waals surface area contributed by atoms with Crippen LogP contribution in [0.3, 0.4) is 0 Å². The standard InChI is InChI=1S/C22H47NO5S/c1-4-7-10-14-23(15-11-8-5-2,16-12-13-22-29(24,25)26)17-19-28-21-20-27-18-9-6-3/h4-22H2,1-3H3. The lowest BCUT2D eigenvalue weighted by molar-refractivity contribution is -0.929. The van der Waals surface area contributed by atoms with Gasteiger partial charge in [0.05, 0.1) is 49.6 Å². The third kappa shape index (κ3) is 18.3. The minimum Gasteiger partial charge on any atom is -0.748 e. The Bertz CT molecular complexity index is 446. The molecule has 0 unspecified atom stereocenters. The van der Waals surface area contributed by atoms with Crippen molar-refractivity contribution in [2.75, 3.05) is 58.4 Å². The van der Waals surface area contributed by atoms with Crippen LogP contribution in [0.1, 0.15) is 85.0 Å². The topological polar surface area (TPSA) is 75.7 Å². The molecule has 0 aliphatic carbocycles. The van der Waals surface area contributed by atoms with Crippen LogP contribution in [0.2, 0.25) is 0 Å². The Labute approximate surface area is 180 Å². The highest BCUT2D eigenvalue weighted by Crippen LogP contribution is 2.16. The van der Waals surface area contributed by atoms with Gasteiger partial charge in [-0.15, -0.1) is 0 Å². The number of unbranched alkanes of at least 4 members (excludes halogenated alkanes) is 6. The van der Waals surface area contributed by atoms with Crippen molar-refractivity contribution < 1.29 is 26.9 Å². The maximum Gasteiger partial charge on any atom is 0.102 e.